The summed E-state index contributed by atoms with van der Waals surface area (Å²) in [4.78, 5) is 0. The Morgan fingerprint density at radius 2 is 1.40 bits per heavy atom. The summed E-state index contributed by atoms with van der Waals surface area (Å²) in [7, 11) is 0. The first-order chi connectivity index (χ1) is 12.3. The minimum atomic E-state index is -0.257. The summed E-state index contributed by atoms with van der Waals surface area (Å²) in [6.45, 7) is 1.46. The topological polar surface area (TPSA) is 30.5 Å². The fourth-order valence-electron chi connectivity index (χ4n) is 2.38. The molecule has 25 heavy (non-hydrogen) atoms. The lowest BCUT2D eigenvalue weighted by atomic mass is 10.2. The van der Waals surface area contributed by atoms with Crippen molar-refractivity contribution in [3.05, 3.63) is 90.2 Å². The number of anilines is 1. The third kappa shape index (κ3) is 5.24. The van der Waals surface area contributed by atoms with E-state index < -0.39 is 0 Å². The third-order valence-electron chi connectivity index (χ3n) is 3.62. The van der Waals surface area contributed by atoms with Crippen LogP contribution in [0, 0.1) is 5.82 Å². The molecule has 0 aromatic heterocycles. The summed E-state index contributed by atoms with van der Waals surface area (Å²) < 4.78 is 24.9. The minimum absolute atomic E-state index is 0.257. The molecule has 4 heteroatoms. The molecule has 3 aromatic rings. The van der Waals surface area contributed by atoms with Crippen LogP contribution < -0.4 is 14.8 Å². The standard InChI is InChI=1S/C21H20FNO2/c22-20-11-4-5-12-21(20)23-16-17-7-6-10-19(15-17)25-14-13-24-18-8-2-1-3-9-18/h1-12,15,23H,13-14,16H2. The molecule has 0 spiro atoms. The van der Waals surface area contributed by atoms with Crippen LogP contribution in [0.5, 0.6) is 11.5 Å². The van der Waals surface area contributed by atoms with Crippen molar-refractivity contribution >= 4 is 5.69 Å². The number of rotatable bonds is 8. The maximum absolute atomic E-state index is 13.6. The van der Waals surface area contributed by atoms with E-state index in [1.165, 1.54) is 6.07 Å². The quantitative estimate of drug-likeness (QED) is 0.593. The van der Waals surface area contributed by atoms with Gasteiger partial charge in [0.05, 0.1) is 5.69 Å². The first-order valence-corrected chi connectivity index (χ1v) is 8.19. The van der Waals surface area contributed by atoms with Gasteiger partial charge in [-0.25, -0.2) is 4.39 Å². The predicted octanol–water partition coefficient (Wildman–Crippen LogP) is 4.90. The number of nitrogens with one attached hydrogen (secondary N) is 1. The summed E-state index contributed by atoms with van der Waals surface area (Å²) in [5, 5.41) is 3.09. The molecule has 0 aliphatic carbocycles. The SMILES string of the molecule is Fc1ccccc1NCc1cccc(OCCOc2ccccc2)c1. The van der Waals surface area contributed by atoms with Crippen LogP contribution in [0.1, 0.15) is 5.56 Å². The third-order valence-corrected chi connectivity index (χ3v) is 3.62. The average Bonchev–Trinajstić information content (AvgIpc) is 2.66. The molecular formula is C21H20FNO2. The van der Waals surface area contributed by atoms with Crippen LogP contribution in [0.2, 0.25) is 0 Å². The average molecular weight is 337 g/mol. The largest absolute Gasteiger partial charge is 0.490 e. The van der Waals surface area contributed by atoms with Crippen molar-refractivity contribution in [3.63, 3.8) is 0 Å². The Balaban J connectivity index is 1.47. The molecule has 0 radical (unpaired) electrons. The second-order valence-electron chi connectivity index (χ2n) is 5.49. The Labute approximate surface area is 147 Å². The smallest absolute Gasteiger partial charge is 0.146 e. The van der Waals surface area contributed by atoms with Gasteiger partial charge in [0, 0.05) is 6.54 Å². The Kier molecular flexibility index (Phi) is 5.88. The Morgan fingerprint density at radius 1 is 0.720 bits per heavy atom. The summed E-state index contributed by atoms with van der Waals surface area (Å²) in [6.07, 6.45) is 0. The summed E-state index contributed by atoms with van der Waals surface area (Å²) in [5.41, 5.74) is 1.51. The van der Waals surface area contributed by atoms with Gasteiger partial charge in [-0.3, -0.25) is 0 Å². The highest BCUT2D eigenvalue weighted by molar-refractivity contribution is 5.45. The molecule has 0 amide bonds. The van der Waals surface area contributed by atoms with Crippen LogP contribution in [0.25, 0.3) is 0 Å². The van der Waals surface area contributed by atoms with Gasteiger partial charge in [-0.1, -0.05) is 42.5 Å². The van der Waals surface area contributed by atoms with Gasteiger partial charge >= 0.3 is 0 Å². The van der Waals surface area contributed by atoms with E-state index in [-0.39, 0.29) is 5.82 Å². The van der Waals surface area contributed by atoms with Crippen molar-refractivity contribution in [3.8, 4) is 11.5 Å². The predicted molar refractivity (Wildman–Crippen MR) is 97.6 cm³/mol. The lowest BCUT2D eigenvalue weighted by Gasteiger charge is -2.11. The fraction of sp³-hybridized carbons (Fsp3) is 0.143. The van der Waals surface area contributed by atoms with Crippen LogP contribution >= 0.6 is 0 Å². The molecule has 128 valence electrons. The highest BCUT2D eigenvalue weighted by atomic mass is 19.1. The van der Waals surface area contributed by atoms with E-state index in [2.05, 4.69) is 5.32 Å². The molecular weight excluding hydrogens is 317 g/mol. The Hall–Kier alpha value is -3.01. The lowest BCUT2D eigenvalue weighted by molar-refractivity contribution is 0.217. The van der Waals surface area contributed by atoms with Gasteiger partial charge in [0.15, 0.2) is 0 Å². The van der Waals surface area contributed by atoms with Crippen LogP contribution in [0.4, 0.5) is 10.1 Å². The summed E-state index contributed by atoms with van der Waals surface area (Å²) in [6, 6.07) is 24.0. The zero-order valence-corrected chi connectivity index (χ0v) is 13.8. The molecule has 0 bridgehead atoms. The Bertz CT molecular complexity index is 793. The molecule has 0 unspecified atom stereocenters. The second kappa shape index (κ2) is 8.73. The zero-order valence-electron chi connectivity index (χ0n) is 13.8. The van der Waals surface area contributed by atoms with Gasteiger partial charge in [-0.2, -0.15) is 0 Å². The van der Waals surface area contributed by atoms with Gasteiger partial charge in [0.1, 0.15) is 30.5 Å². The van der Waals surface area contributed by atoms with Gasteiger partial charge in [-0.15, -0.1) is 0 Å². The van der Waals surface area contributed by atoms with Crippen molar-refractivity contribution in [1.29, 1.82) is 0 Å². The van der Waals surface area contributed by atoms with Crippen LogP contribution in [-0.4, -0.2) is 13.2 Å². The molecule has 0 saturated heterocycles. The molecule has 0 fully saturated rings. The first-order valence-electron chi connectivity index (χ1n) is 8.19. The van der Waals surface area contributed by atoms with E-state index in [1.807, 2.05) is 54.6 Å². The number of hydrogen-bond donors (Lipinski definition) is 1. The molecule has 0 heterocycles. The molecule has 0 aliphatic rings. The first kappa shape index (κ1) is 16.8. The van der Waals surface area contributed by atoms with Crippen molar-refractivity contribution in [2.75, 3.05) is 18.5 Å². The highest BCUT2D eigenvalue weighted by Crippen LogP contribution is 2.17. The van der Waals surface area contributed by atoms with Crippen LogP contribution in [-0.2, 0) is 6.54 Å². The molecule has 0 atom stereocenters. The Morgan fingerprint density at radius 3 is 2.20 bits per heavy atom. The van der Waals surface area contributed by atoms with Gasteiger partial charge in [0.25, 0.3) is 0 Å². The highest BCUT2D eigenvalue weighted by Gasteiger charge is 2.01. The molecule has 1 N–H and O–H groups in total. The molecule has 3 rings (SSSR count). The summed E-state index contributed by atoms with van der Waals surface area (Å²) >= 11 is 0. The molecule has 0 aliphatic heterocycles. The number of benzene rings is 3. The zero-order chi connectivity index (χ0) is 17.3. The number of halogens is 1. The number of hydrogen-bond acceptors (Lipinski definition) is 3. The van der Waals surface area contributed by atoms with Gasteiger partial charge in [0.2, 0.25) is 0 Å². The molecule has 3 nitrogen and oxygen atoms in total. The van der Waals surface area contributed by atoms with E-state index in [4.69, 9.17) is 9.47 Å². The minimum Gasteiger partial charge on any atom is -0.490 e. The fourth-order valence-corrected chi connectivity index (χ4v) is 2.38. The van der Waals surface area contributed by atoms with E-state index in [9.17, 15) is 4.39 Å². The lowest BCUT2D eigenvalue weighted by Crippen LogP contribution is -2.09. The number of ether oxygens (including phenoxy) is 2. The van der Waals surface area contributed by atoms with E-state index in [0.29, 0.717) is 25.4 Å². The van der Waals surface area contributed by atoms with Crippen LogP contribution in [0.15, 0.2) is 78.9 Å². The van der Waals surface area contributed by atoms with Gasteiger partial charge < -0.3 is 14.8 Å². The van der Waals surface area contributed by atoms with Crippen molar-refractivity contribution in [2.24, 2.45) is 0 Å². The van der Waals surface area contributed by atoms with E-state index in [0.717, 1.165) is 17.1 Å². The monoisotopic (exact) mass is 337 g/mol. The van der Waals surface area contributed by atoms with E-state index >= 15 is 0 Å². The molecule has 3 aromatic carbocycles. The van der Waals surface area contributed by atoms with Crippen molar-refractivity contribution < 1.29 is 13.9 Å². The molecule has 0 saturated carbocycles. The van der Waals surface area contributed by atoms with Gasteiger partial charge in [-0.05, 0) is 42.0 Å². The number of para-hydroxylation sites is 2. The van der Waals surface area contributed by atoms with E-state index in [1.54, 1.807) is 18.2 Å². The van der Waals surface area contributed by atoms with Crippen molar-refractivity contribution in [1.82, 2.24) is 0 Å². The summed E-state index contributed by atoms with van der Waals surface area (Å²) in [5.74, 6) is 1.34. The second-order valence-corrected chi connectivity index (χ2v) is 5.49. The maximum Gasteiger partial charge on any atom is 0.146 e. The van der Waals surface area contributed by atoms with Crippen molar-refractivity contribution in [2.45, 2.75) is 6.54 Å². The maximum atomic E-state index is 13.6. The normalized spacial score (nSPS) is 10.3. The van der Waals surface area contributed by atoms with Crippen LogP contribution in [0.3, 0.4) is 0 Å².